The molecule has 2 aromatic heterocycles. The standard InChI is InChI=1S/C24H24FN3O2/c1-14-4-5-18(10-15(14)2)21-13-28-12-19(11-22(28)24(30)27-21)23(29)26-16(3)17-6-8-20(25)9-7-17/h4-13,16,23,26,29H,1-3H3,(H,27,30)/t16-,23?/m1/s1. The molecular weight excluding hydrogens is 381 g/mol. The summed E-state index contributed by atoms with van der Waals surface area (Å²) in [5.74, 6) is -0.302. The van der Waals surface area contributed by atoms with Crippen LogP contribution in [-0.2, 0) is 0 Å². The second kappa shape index (κ2) is 7.89. The van der Waals surface area contributed by atoms with E-state index in [9.17, 15) is 14.3 Å². The van der Waals surface area contributed by atoms with Gasteiger partial charge < -0.3 is 14.5 Å². The van der Waals surface area contributed by atoms with Crippen LogP contribution in [0.5, 0.6) is 0 Å². The van der Waals surface area contributed by atoms with Crippen LogP contribution in [0.4, 0.5) is 4.39 Å². The zero-order valence-corrected chi connectivity index (χ0v) is 17.1. The highest BCUT2D eigenvalue weighted by Gasteiger charge is 2.16. The number of rotatable bonds is 5. The third-order valence-corrected chi connectivity index (χ3v) is 5.53. The molecular formula is C24H24FN3O2. The van der Waals surface area contributed by atoms with E-state index in [1.807, 2.05) is 45.2 Å². The largest absolute Gasteiger partial charge is 0.374 e. The predicted molar refractivity (Wildman–Crippen MR) is 116 cm³/mol. The first-order chi connectivity index (χ1) is 14.3. The molecule has 0 amide bonds. The number of aromatic amines is 1. The van der Waals surface area contributed by atoms with Crippen molar-refractivity contribution in [2.75, 3.05) is 0 Å². The van der Waals surface area contributed by atoms with Gasteiger partial charge in [-0.1, -0.05) is 24.3 Å². The predicted octanol–water partition coefficient (Wildman–Crippen LogP) is 4.39. The van der Waals surface area contributed by atoms with Crippen molar-refractivity contribution in [3.63, 3.8) is 0 Å². The van der Waals surface area contributed by atoms with Gasteiger partial charge in [0.2, 0.25) is 0 Å². The van der Waals surface area contributed by atoms with Crippen molar-refractivity contribution in [1.82, 2.24) is 14.7 Å². The van der Waals surface area contributed by atoms with Gasteiger partial charge in [-0.3, -0.25) is 10.1 Å². The Labute approximate surface area is 173 Å². The van der Waals surface area contributed by atoms with E-state index >= 15 is 0 Å². The Morgan fingerprint density at radius 2 is 1.73 bits per heavy atom. The fourth-order valence-electron chi connectivity index (χ4n) is 3.53. The van der Waals surface area contributed by atoms with Gasteiger partial charge in [0.1, 0.15) is 17.6 Å². The van der Waals surface area contributed by atoms with Crippen molar-refractivity contribution in [2.45, 2.75) is 33.0 Å². The third kappa shape index (κ3) is 3.92. The number of nitrogens with one attached hydrogen (secondary N) is 2. The molecule has 3 N–H and O–H groups in total. The average molecular weight is 405 g/mol. The number of aliphatic hydroxyl groups is 1. The average Bonchev–Trinajstić information content (AvgIpc) is 3.15. The van der Waals surface area contributed by atoms with Gasteiger partial charge in [-0.15, -0.1) is 0 Å². The molecule has 2 aromatic carbocycles. The normalized spacial score (nSPS) is 13.5. The van der Waals surface area contributed by atoms with Crippen LogP contribution in [0.25, 0.3) is 16.8 Å². The lowest BCUT2D eigenvalue weighted by Crippen LogP contribution is -2.24. The van der Waals surface area contributed by atoms with E-state index in [-0.39, 0.29) is 17.4 Å². The Bertz CT molecular complexity index is 1260. The Morgan fingerprint density at radius 3 is 2.43 bits per heavy atom. The maximum absolute atomic E-state index is 13.1. The summed E-state index contributed by atoms with van der Waals surface area (Å²) in [4.78, 5) is 15.5. The third-order valence-electron chi connectivity index (χ3n) is 5.53. The molecule has 5 nitrogen and oxygen atoms in total. The molecule has 0 aliphatic rings. The van der Waals surface area contributed by atoms with E-state index in [0.717, 1.165) is 16.7 Å². The molecule has 0 aliphatic heterocycles. The molecule has 154 valence electrons. The maximum atomic E-state index is 13.1. The van der Waals surface area contributed by atoms with Crippen LogP contribution < -0.4 is 10.9 Å². The second-order valence-corrected chi connectivity index (χ2v) is 7.70. The number of aliphatic hydroxyl groups excluding tert-OH is 1. The number of nitrogens with zero attached hydrogens (tertiary/aromatic N) is 1. The Kier molecular flexibility index (Phi) is 5.28. The summed E-state index contributed by atoms with van der Waals surface area (Å²) < 4.78 is 14.9. The SMILES string of the molecule is Cc1ccc(-c2cn3cc(C(O)N[C@H](C)c4ccc(F)cc4)cc3c(=O)[nH]2)cc1C. The monoisotopic (exact) mass is 405 g/mol. The van der Waals surface area contributed by atoms with Crippen LogP contribution in [0.3, 0.4) is 0 Å². The lowest BCUT2D eigenvalue weighted by molar-refractivity contribution is 0.126. The summed E-state index contributed by atoms with van der Waals surface area (Å²) >= 11 is 0. The Morgan fingerprint density at radius 1 is 1.00 bits per heavy atom. The molecule has 0 saturated carbocycles. The molecule has 0 radical (unpaired) electrons. The highest BCUT2D eigenvalue weighted by molar-refractivity contribution is 5.62. The lowest BCUT2D eigenvalue weighted by atomic mass is 10.0. The van der Waals surface area contributed by atoms with Crippen molar-refractivity contribution in [2.24, 2.45) is 0 Å². The number of H-pyrrole nitrogens is 1. The Hall–Kier alpha value is -3.22. The van der Waals surface area contributed by atoms with Gasteiger partial charge in [-0.05, 0) is 67.3 Å². The Balaban J connectivity index is 1.62. The topological polar surface area (TPSA) is 69.5 Å². The quantitative estimate of drug-likeness (QED) is 0.431. The highest BCUT2D eigenvalue weighted by Crippen LogP contribution is 2.23. The first kappa shape index (κ1) is 20.1. The number of aryl methyl sites for hydroxylation is 2. The number of hydrogen-bond donors (Lipinski definition) is 3. The van der Waals surface area contributed by atoms with Crippen LogP contribution in [0.1, 0.15) is 41.4 Å². The number of halogens is 1. The van der Waals surface area contributed by atoms with Gasteiger partial charge in [0.15, 0.2) is 0 Å². The summed E-state index contributed by atoms with van der Waals surface area (Å²) in [6.45, 7) is 5.97. The molecule has 2 heterocycles. The molecule has 6 heteroatoms. The van der Waals surface area contributed by atoms with Crippen molar-refractivity contribution in [3.8, 4) is 11.3 Å². The minimum atomic E-state index is -0.977. The van der Waals surface area contributed by atoms with E-state index in [1.54, 1.807) is 28.8 Å². The molecule has 0 spiro atoms. The van der Waals surface area contributed by atoms with Crippen LogP contribution >= 0.6 is 0 Å². The van der Waals surface area contributed by atoms with E-state index in [2.05, 4.69) is 10.3 Å². The van der Waals surface area contributed by atoms with Gasteiger partial charge in [0, 0.05) is 24.0 Å². The summed E-state index contributed by atoms with van der Waals surface area (Å²) in [7, 11) is 0. The summed E-state index contributed by atoms with van der Waals surface area (Å²) in [6.07, 6.45) is 2.61. The number of benzene rings is 2. The molecule has 0 aliphatic carbocycles. The highest BCUT2D eigenvalue weighted by atomic mass is 19.1. The summed E-state index contributed by atoms with van der Waals surface area (Å²) in [5.41, 5.74) is 5.63. The fraction of sp³-hybridized carbons (Fsp3) is 0.208. The van der Waals surface area contributed by atoms with E-state index in [0.29, 0.717) is 16.8 Å². The zero-order chi connectivity index (χ0) is 21.4. The van der Waals surface area contributed by atoms with Gasteiger partial charge in [0.05, 0.1) is 5.69 Å². The van der Waals surface area contributed by atoms with Crippen LogP contribution in [0.2, 0.25) is 0 Å². The fourth-order valence-corrected chi connectivity index (χ4v) is 3.53. The van der Waals surface area contributed by atoms with Crippen molar-refractivity contribution >= 4 is 5.52 Å². The van der Waals surface area contributed by atoms with Crippen LogP contribution in [0.15, 0.2) is 65.7 Å². The zero-order valence-electron chi connectivity index (χ0n) is 17.1. The summed E-state index contributed by atoms with van der Waals surface area (Å²) in [6, 6.07) is 13.6. The molecule has 30 heavy (non-hydrogen) atoms. The van der Waals surface area contributed by atoms with E-state index in [1.165, 1.54) is 17.7 Å². The molecule has 0 saturated heterocycles. The van der Waals surface area contributed by atoms with Gasteiger partial charge in [-0.2, -0.15) is 0 Å². The molecule has 4 rings (SSSR count). The number of aromatic nitrogens is 2. The first-order valence-electron chi connectivity index (χ1n) is 9.84. The second-order valence-electron chi connectivity index (χ2n) is 7.70. The van der Waals surface area contributed by atoms with Crippen molar-refractivity contribution in [3.05, 3.63) is 99.3 Å². The minimum absolute atomic E-state index is 0.201. The minimum Gasteiger partial charge on any atom is -0.374 e. The molecule has 0 fully saturated rings. The van der Waals surface area contributed by atoms with Crippen molar-refractivity contribution in [1.29, 1.82) is 0 Å². The van der Waals surface area contributed by atoms with E-state index < -0.39 is 6.23 Å². The molecule has 0 bridgehead atoms. The van der Waals surface area contributed by atoms with Gasteiger partial charge in [-0.25, -0.2) is 4.39 Å². The van der Waals surface area contributed by atoms with E-state index in [4.69, 9.17) is 0 Å². The molecule has 2 atom stereocenters. The van der Waals surface area contributed by atoms with Gasteiger partial charge in [0.25, 0.3) is 5.56 Å². The van der Waals surface area contributed by atoms with Crippen LogP contribution in [0, 0.1) is 19.7 Å². The lowest BCUT2D eigenvalue weighted by Gasteiger charge is -2.18. The van der Waals surface area contributed by atoms with Gasteiger partial charge >= 0.3 is 0 Å². The molecule has 1 unspecified atom stereocenters. The molecule has 4 aromatic rings. The number of hydrogen-bond acceptors (Lipinski definition) is 3. The van der Waals surface area contributed by atoms with Crippen LogP contribution in [-0.4, -0.2) is 14.5 Å². The first-order valence-corrected chi connectivity index (χ1v) is 9.84. The summed E-state index contributed by atoms with van der Waals surface area (Å²) in [5, 5.41) is 13.7. The smallest absolute Gasteiger partial charge is 0.272 e. The number of fused-ring (bicyclic) bond motifs is 1. The maximum Gasteiger partial charge on any atom is 0.272 e. The van der Waals surface area contributed by atoms with Crippen molar-refractivity contribution < 1.29 is 9.50 Å².